The van der Waals surface area contributed by atoms with Gasteiger partial charge in [0.05, 0.1) is 0 Å². The molecule has 0 radical (unpaired) electrons. The Labute approximate surface area is 72.7 Å². The number of rotatable bonds is 2. The molecule has 0 aromatic heterocycles. The third-order valence-corrected chi connectivity index (χ3v) is 3.33. The molecule has 2 unspecified atom stereocenters. The topological polar surface area (TPSA) is 29.5 Å². The van der Waals surface area contributed by atoms with Crippen molar-refractivity contribution in [2.24, 2.45) is 0 Å². The van der Waals surface area contributed by atoms with E-state index in [0.29, 0.717) is 6.04 Å². The van der Waals surface area contributed by atoms with Gasteiger partial charge in [0.25, 0.3) is 0 Å². The second-order valence-electron chi connectivity index (χ2n) is 3.75. The molecule has 0 spiro atoms. The predicted octanol–water partition coefficient (Wildman–Crippen LogP) is 1.13. The zero-order chi connectivity index (χ0) is 8.60. The van der Waals surface area contributed by atoms with Gasteiger partial charge < -0.3 is 9.64 Å². The third kappa shape index (κ3) is 0.891. The summed E-state index contributed by atoms with van der Waals surface area (Å²) < 4.78 is 5.47. The van der Waals surface area contributed by atoms with Crippen molar-refractivity contribution in [1.82, 2.24) is 4.90 Å². The van der Waals surface area contributed by atoms with Gasteiger partial charge in [0.1, 0.15) is 5.72 Å². The summed E-state index contributed by atoms with van der Waals surface area (Å²) in [6.45, 7) is 0. The minimum absolute atomic E-state index is 0.231. The first-order valence-corrected chi connectivity index (χ1v) is 4.61. The molecule has 2 aliphatic heterocycles. The molecule has 0 aromatic rings. The van der Waals surface area contributed by atoms with Crippen LogP contribution in [0, 0.1) is 0 Å². The van der Waals surface area contributed by atoms with Crippen LogP contribution in [0.5, 0.6) is 0 Å². The fourth-order valence-corrected chi connectivity index (χ4v) is 2.64. The van der Waals surface area contributed by atoms with Crippen LogP contribution in [-0.4, -0.2) is 30.2 Å². The lowest BCUT2D eigenvalue weighted by Crippen LogP contribution is -2.50. The number of hydrogen-bond acceptors (Lipinski definition) is 2. The average Bonchev–Trinajstić information content (AvgIpc) is 2.32. The summed E-state index contributed by atoms with van der Waals surface area (Å²) in [4.78, 5) is 12.7. The second-order valence-corrected chi connectivity index (χ2v) is 3.75. The van der Waals surface area contributed by atoms with Crippen molar-refractivity contribution in [3.8, 4) is 0 Å². The van der Waals surface area contributed by atoms with Gasteiger partial charge in [0.2, 0.25) is 6.41 Å². The Morgan fingerprint density at radius 3 is 2.92 bits per heavy atom. The van der Waals surface area contributed by atoms with Gasteiger partial charge in [0.15, 0.2) is 0 Å². The normalized spacial score (nSPS) is 40.1. The Morgan fingerprint density at radius 1 is 1.50 bits per heavy atom. The number of carbonyl (C=O) groups excluding carboxylic acids is 1. The quantitative estimate of drug-likeness (QED) is 0.580. The molecule has 2 saturated heterocycles. The molecule has 1 amide bonds. The highest BCUT2D eigenvalue weighted by molar-refractivity contribution is 5.50. The molecule has 0 saturated carbocycles. The fraction of sp³-hybridized carbons (Fsp3) is 0.889. The van der Waals surface area contributed by atoms with Crippen LogP contribution < -0.4 is 0 Å². The minimum Gasteiger partial charge on any atom is -0.359 e. The molecule has 0 N–H and O–H groups in total. The van der Waals surface area contributed by atoms with Gasteiger partial charge in [-0.2, -0.15) is 0 Å². The van der Waals surface area contributed by atoms with Crippen LogP contribution in [0.1, 0.15) is 32.1 Å². The van der Waals surface area contributed by atoms with E-state index in [1.54, 1.807) is 7.11 Å². The van der Waals surface area contributed by atoms with E-state index in [1.165, 1.54) is 6.42 Å². The highest BCUT2D eigenvalue weighted by Gasteiger charge is 2.48. The Bertz CT molecular complexity index is 191. The van der Waals surface area contributed by atoms with Gasteiger partial charge >= 0.3 is 0 Å². The van der Waals surface area contributed by atoms with E-state index in [0.717, 1.165) is 32.1 Å². The van der Waals surface area contributed by atoms with Gasteiger partial charge in [-0.05, 0) is 32.1 Å². The number of carbonyl (C=O) groups is 1. The molecule has 2 bridgehead atoms. The Hall–Kier alpha value is -0.570. The number of hydrogen-bond donors (Lipinski definition) is 0. The first kappa shape index (κ1) is 8.05. The number of amides is 1. The zero-order valence-corrected chi connectivity index (χ0v) is 7.45. The van der Waals surface area contributed by atoms with Crippen molar-refractivity contribution in [3.63, 3.8) is 0 Å². The molecule has 68 valence electrons. The van der Waals surface area contributed by atoms with Gasteiger partial charge in [-0.15, -0.1) is 0 Å². The fourth-order valence-electron chi connectivity index (χ4n) is 2.64. The molecular formula is C9H15NO2. The van der Waals surface area contributed by atoms with E-state index >= 15 is 0 Å². The highest BCUT2D eigenvalue weighted by Crippen LogP contribution is 2.43. The Morgan fingerprint density at radius 2 is 2.33 bits per heavy atom. The van der Waals surface area contributed by atoms with E-state index in [9.17, 15) is 4.79 Å². The average molecular weight is 169 g/mol. The maximum absolute atomic E-state index is 10.8. The molecule has 0 aliphatic carbocycles. The third-order valence-electron chi connectivity index (χ3n) is 3.33. The van der Waals surface area contributed by atoms with Crippen molar-refractivity contribution in [1.29, 1.82) is 0 Å². The van der Waals surface area contributed by atoms with Crippen LogP contribution in [-0.2, 0) is 9.53 Å². The van der Waals surface area contributed by atoms with Crippen molar-refractivity contribution in [2.75, 3.05) is 7.11 Å². The number of methoxy groups -OCH3 is 1. The van der Waals surface area contributed by atoms with Crippen LogP contribution in [0.3, 0.4) is 0 Å². The van der Waals surface area contributed by atoms with Crippen LogP contribution in [0.25, 0.3) is 0 Å². The summed E-state index contributed by atoms with van der Waals surface area (Å²) in [6, 6.07) is 0.455. The van der Waals surface area contributed by atoms with Crippen LogP contribution in [0.4, 0.5) is 0 Å². The number of nitrogens with zero attached hydrogens (tertiary/aromatic N) is 1. The molecule has 2 rings (SSSR count). The lowest BCUT2D eigenvalue weighted by Gasteiger charge is -2.41. The molecule has 2 heterocycles. The maximum atomic E-state index is 10.8. The van der Waals surface area contributed by atoms with E-state index in [4.69, 9.17) is 4.74 Å². The molecule has 0 aromatic carbocycles. The summed E-state index contributed by atoms with van der Waals surface area (Å²) in [5, 5.41) is 0. The van der Waals surface area contributed by atoms with Gasteiger partial charge in [-0.1, -0.05) is 0 Å². The molecule has 12 heavy (non-hydrogen) atoms. The lowest BCUT2D eigenvalue weighted by molar-refractivity contribution is -0.160. The van der Waals surface area contributed by atoms with Crippen molar-refractivity contribution in [2.45, 2.75) is 43.9 Å². The predicted molar refractivity (Wildman–Crippen MR) is 44.5 cm³/mol. The van der Waals surface area contributed by atoms with Crippen molar-refractivity contribution >= 4 is 6.41 Å². The highest BCUT2D eigenvalue weighted by atomic mass is 16.5. The van der Waals surface area contributed by atoms with Gasteiger partial charge in [0, 0.05) is 13.2 Å². The van der Waals surface area contributed by atoms with Crippen molar-refractivity contribution < 1.29 is 9.53 Å². The summed E-state index contributed by atoms with van der Waals surface area (Å²) >= 11 is 0. The Balaban J connectivity index is 2.24. The molecule has 2 atom stereocenters. The molecule has 2 aliphatic rings. The summed E-state index contributed by atoms with van der Waals surface area (Å²) in [6.07, 6.45) is 6.46. The summed E-state index contributed by atoms with van der Waals surface area (Å²) in [5.74, 6) is 0. The number of piperidine rings is 1. The molecule has 2 fully saturated rings. The SMILES string of the molecule is COC12CCCC(CC1)N2C=O. The largest absolute Gasteiger partial charge is 0.359 e. The summed E-state index contributed by atoms with van der Waals surface area (Å²) in [7, 11) is 1.71. The van der Waals surface area contributed by atoms with Crippen LogP contribution in [0.15, 0.2) is 0 Å². The van der Waals surface area contributed by atoms with E-state index in [2.05, 4.69) is 0 Å². The van der Waals surface area contributed by atoms with Crippen LogP contribution >= 0.6 is 0 Å². The standard InChI is InChI=1S/C9H15NO2/c1-12-9-5-2-3-8(4-6-9)10(9)7-11/h7-8H,2-6H2,1H3. The minimum atomic E-state index is -0.231. The summed E-state index contributed by atoms with van der Waals surface area (Å²) in [5.41, 5.74) is -0.231. The lowest BCUT2D eigenvalue weighted by atomic mass is 10.0. The monoisotopic (exact) mass is 169 g/mol. The van der Waals surface area contributed by atoms with Gasteiger partial charge in [-0.25, -0.2) is 0 Å². The first-order chi connectivity index (χ1) is 5.82. The van der Waals surface area contributed by atoms with Crippen LogP contribution in [0.2, 0.25) is 0 Å². The van der Waals surface area contributed by atoms with E-state index in [-0.39, 0.29) is 5.72 Å². The van der Waals surface area contributed by atoms with E-state index in [1.807, 2.05) is 4.90 Å². The Kier molecular flexibility index (Phi) is 1.83. The molecular weight excluding hydrogens is 154 g/mol. The smallest absolute Gasteiger partial charge is 0.212 e. The number of ether oxygens (including phenoxy) is 1. The molecule has 3 nitrogen and oxygen atoms in total. The number of fused-ring (bicyclic) bond motifs is 2. The molecule has 3 heteroatoms. The first-order valence-electron chi connectivity index (χ1n) is 4.61. The van der Waals surface area contributed by atoms with Crippen molar-refractivity contribution in [3.05, 3.63) is 0 Å². The van der Waals surface area contributed by atoms with E-state index < -0.39 is 0 Å². The van der Waals surface area contributed by atoms with Gasteiger partial charge in [-0.3, -0.25) is 4.79 Å². The second kappa shape index (κ2) is 2.73. The zero-order valence-electron chi connectivity index (χ0n) is 7.45. The maximum Gasteiger partial charge on any atom is 0.212 e.